The minimum absolute atomic E-state index is 0.481. The van der Waals surface area contributed by atoms with Gasteiger partial charge in [-0.2, -0.15) is 0 Å². The van der Waals surface area contributed by atoms with Crippen molar-refractivity contribution in [1.82, 2.24) is 0 Å². The summed E-state index contributed by atoms with van der Waals surface area (Å²) in [6.45, 7) is 13.3. The molecule has 0 heterocycles. The van der Waals surface area contributed by atoms with Crippen LogP contribution in [0, 0.1) is 18.3 Å². The maximum atomic E-state index is 4.16. The molecule has 12 heavy (non-hydrogen) atoms. The molecule has 0 aliphatic carbocycles. The maximum absolute atomic E-state index is 4.16. The SMILES string of the molecule is [CH2]C(C)C(C)(CC)CCCCC. The summed E-state index contributed by atoms with van der Waals surface area (Å²) in [5.41, 5.74) is 0.481. The van der Waals surface area contributed by atoms with Crippen LogP contribution < -0.4 is 0 Å². The number of hydrogen-bond donors (Lipinski definition) is 0. The molecule has 0 heteroatoms. The summed E-state index contributed by atoms with van der Waals surface area (Å²) in [6, 6.07) is 0. The normalized spacial score (nSPS) is 16.5. The molecular weight excluding hydrogens is 144 g/mol. The Morgan fingerprint density at radius 1 is 1.25 bits per heavy atom. The predicted molar refractivity (Wildman–Crippen MR) is 57.1 cm³/mol. The van der Waals surface area contributed by atoms with Crippen LogP contribution in [0.5, 0.6) is 0 Å². The summed E-state index contributed by atoms with van der Waals surface area (Å²) < 4.78 is 0. The second-order valence-electron chi connectivity index (χ2n) is 4.37. The molecule has 0 aliphatic rings. The van der Waals surface area contributed by atoms with Crippen molar-refractivity contribution in [3.05, 3.63) is 6.92 Å². The van der Waals surface area contributed by atoms with Gasteiger partial charge in [0.2, 0.25) is 0 Å². The fourth-order valence-electron chi connectivity index (χ4n) is 1.55. The molecule has 0 spiro atoms. The van der Waals surface area contributed by atoms with Crippen molar-refractivity contribution in [2.45, 2.75) is 59.8 Å². The fraction of sp³-hybridized carbons (Fsp3) is 0.917. The Labute approximate surface area is 78.8 Å². The van der Waals surface area contributed by atoms with E-state index < -0.39 is 0 Å². The van der Waals surface area contributed by atoms with Gasteiger partial charge in [0.1, 0.15) is 0 Å². The number of rotatable bonds is 6. The van der Waals surface area contributed by atoms with E-state index in [-0.39, 0.29) is 0 Å². The van der Waals surface area contributed by atoms with E-state index >= 15 is 0 Å². The summed E-state index contributed by atoms with van der Waals surface area (Å²) in [7, 11) is 0. The minimum Gasteiger partial charge on any atom is -0.0654 e. The van der Waals surface area contributed by atoms with Gasteiger partial charge >= 0.3 is 0 Å². The van der Waals surface area contributed by atoms with Gasteiger partial charge in [-0.05, 0) is 24.7 Å². The Kier molecular flexibility index (Phi) is 5.61. The summed E-state index contributed by atoms with van der Waals surface area (Å²) in [5.74, 6) is 0.583. The zero-order valence-electron chi connectivity index (χ0n) is 9.32. The molecule has 0 nitrogen and oxygen atoms in total. The van der Waals surface area contributed by atoms with Gasteiger partial charge in [-0.15, -0.1) is 0 Å². The fourth-order valence-corrected chi connectivity index (χ4v) is 1.55. The van der Waals surface area contributed by atoms with E-state index in [9.17, 15) is 0 Å². The van der Waals surface area contributed by atoms with E-state index in [1.807, 2.05) is 0 Å². The Balaban J connectivity index is 3.80. The topological polar surface area (TPSA) is 0 Å². The van der Waals surface area contributed by atoms with Crippen LogP contribution in [0.1, 0.15) is 59.8 Å². The smallest absolute Gasteiger partial charge is 0.0303 e. The van der Waals surface area contributed by atoms with E-state index in [1.165, 1.54) is 32.1 Å². The highest BCUT2D eigenvalue weighted by Crippen LogP contribution is 2.35. The first-order chi connectivity index (χ1) is 5.56. The van der Waals surface area contributed by atoms with Crippen molar-refractivity contribution in [2.24, 2.45) is 11.3 Å². The van der Waals surface area contributed by atoms with Crippen LogP contribution in [-0.4, -0.2) is 0 Å². The zero-order chi connectivity index (χ0) is 9.61. The third-order valence-corrected chi connectivity index (χ3v) is 3.35. The van der Waals surface area contributed by atoms with Gasteiger partial charge in [-0.3, -0.25) is 0 Å². The Bertz CT molecular complexity index is 105. The van der Waals surface area contributed by atoms with Gasteiger partial charge in [0.25, 0.3) is 0 Å². The third-order valence-electron chi connectivity index (χ3n) is 3.35. The molecule has 0 aliphatic heterocycles. The molecule has 0 aromatic rings. The lowest BCUT2D eigenvalue weighted by Gasteiger charge is -2.32. The maximum Gasteiger partial charge on any atom is -0.0303 e. The number of hydrogen-bond acceptors (Lipinski definition) is 0. The largest absolute Gasteiger partial charge is 0.0654 e. The molecule has 0 bridgehead atoms. The lowest BCUT2D eigenvalue weighted by molar-refractivity contribution is 0.203. The molecule has 0 aromatic heterocycles. The second-order valence-corrected chi connectivity index (χ2v) is 4.37. The summed E-state index contributed by atoms with van der Waals surface area (Å²) in [6.07, 6.45) is 6.69. The lowest BCUT2D eigenvalue weighted by Crippen LogP contribution is -2.22. The van der Waals surface area contributed by atoms with E-state index in [1.54, 1.807) is 0 Å². The highest BCUT2D eigenvalue weighted by atomic mass is 14.3. The Morgan fingerprint density at radius 2 is 1.83 bits per heavy atom. The summed E-state index contributed by atoms with van der Waals surface area (Å²) in [4.78, 5) is 0. The van der Waals surface area contributed by atoms with Gasteiger partial charge in [-0.1, -0.05) is 53.4 Å². The van der Waals surface area contributed by atoms with E-state index in [0.717, 1.165) is 0 Å². The Hall–Kier alpha value is 0. The van der Waals surface area contributed by atoms with Crippen LogP contribution in [0.25, 0.3) is 0 Å². The molecule has 0 saturated heterocycles. The van der Waals surface area contributed by atoms with Crippen LogP contribution in [0.2, 0.25) is 0 Å². The standard InChI is InChI=1S/C12H25/c1-6-8-9-10-12(5,7-2)11(3)4/h11H,3,6-10H2,1-2,4-5H3. The van der Waals surface area contributed by atoms with Crippen LogP contribution in [0.4, 0.5) is 0 Å². The van der Waals surface area contributed by atoms with Crippen molar-refractivity contribution in [3.63, 3.8) is 0 Å². The molecule has 73 valence electrons. The van der Waals surface area contributed by atoms with Crippen molar-refractivity contribution in [3.8, 4) is 0 Å². The van der Waals surface area contributed by atoms with Gasteiger partial charge in [0, 0.05) is 0 Å². The molecule has 0 rings (SSSR count). The van der Waals surface area contributed by atoms with E-state index in [0.29, 0.717) is 11.3 Å². The second kappa shape index (κ2) is 5.61. The number of unbranched alkanes of at least 4 members (excludes halogenated alkanes) is 2. The highest BCUT2D eigenvalue weighted by Gasteiger charge is 2.24. The van der Waals surface area contributed by atoms with Crippen molar-refractivity contribution in [1.29, 1.82) is 0 Å². The van der Waals surface area contributed by atoms with Crippen LogP contribution >= 0.6 is 0 Å². The summed E-state index contributed by atoms with van der Waals surface area (Å²) >= 11 is 0. The van der Waals surface area contributed by atoms with Gasteiger partial charge in [-0.25, -0.2) is 0 Å². The molecule has 0 amide bonds. The summed E-state index contributed by atoms with van der Waals surface area (Å²) in [5, 5.41) is 0. The molecule has 2 atom stereocenters. The van der Waals surface area contributed by atoms with Crippen LogP contribution in [0.15, 0.2) is 0 Å². The minimum atomic E-state index is 0.481. The molecular formula is C12H25. The van der Waals surface area contributed by atoms with Crippen LogP contribution in [-0.2, 0) is 0 Å². The third kappa shape index (κ3) is 3.60. The van der Waals surface area contributed by atoms with Crippen molar-refractivity contribution < 1.29 is 0 Å². The molecule has 1 radical (unpaired) electrons. The van der Waals surface area contributed by atoms with E-state index in [2.05, 4.69) is 34.6 Å². The monoisotopic (exact) mass is 169 g/mol. The average Bonchev–Trinajstić information content (AvgIpc) is 2.04. The first kappa shape index (κ1) is 12.0. The molecule has 0 fully saturated rings. The molecule has 0 N–H and O–H groups in total. The molecule has 0 aromatic carbocycles. The van der Waals surface area contributed by atoms with Gasteiger partial charge < -0.3 is 0 Å². The van der Waals surface area contributed by atoms with Crippen LogP contribution in [0.3, 0.4) is 0 Å². The van der Waals surface area contributed by atoms with Crippen molar-refractivity contribution >= 4 is 0 Å². The van der Waals surface area contributed by atoms with E-state index in [4.69, 9.17) is 0 Å². The quantitative estimate of drug-likeness (QED) is 0.515. The Morgan fingerprint density at radius 3 is 2.17 bits per heavy atom. The van der Waals surface area contributed by atoms with Crippen molar-refractivity contribution in [2.75, 3.05) is 0 Å². The zero-order valence-corrected chi connectivity index (χ0v) is 9.32. The van der Waals surface area contributed by atoms with Gasteiger partial charge in [0.15, 0.2) is 0 Å². The predicted octanol–water partition coefficient (Wildman–Crippen LogP) is 4.45. The van der Waals surface area contributed by atoms with Gasteiger partial charge in [0.05, 0.1) is 0 Å². The average molecular weight is 169 g/mol. The lowest BCUT2D eigenvalue weighted by atomic mass is 9.73. The first-order valence-corrected chi connectivity index (χ1v) is 5.40. The first-order valence-electron chi connectivity index (χ1n) is 5.40. The molecule has 2 unspecified atom stereocenters. The highest BCUT2D eigenvalue weighted by molar-refractivity contribution is 4.79. The molecule has 0 saturated carbocycles.